The molecule has 2 heterocycles. The second-order valence-electron chi connectivity index (χ2n) is 8.71. The Balaban J connectivity index is 1.53. The molecule has 5 rings (SSSR count). The summed E-state index contributed by atoms with van der Waals surface area (Å²) in [6.07, 6.45) is 0. The van der Waals surface area contributed by atoms with Crippen molar-refractivity contribution < 1.29 is 14.3 Å². The third kappa shape index (κ3) is 3.70. The van der Waals surface area contributed by atoms with Crippen molar-refractivity contribution in [3.05, 3.63) is 89.0 Å². The average molecular weight is 474 g/mol. The van der Waals surface area contributed by atoms with Gasteiger partial charge in [-0.2, -0.15) is 0 Å². The minimum atomic E-state index is -1.08. The molecule has 174 valence electrons. The lowest BCUT2D eigenvalue weighted by Gasteiger charge is -2.33. The lowest BCUT2D eigenvalue weighted by Crippen LogP contribution is -2.51. The zero-order valence-corrected chi connectivity index (χ0v) is 20.3. The molecule has 0 aromatic heterocycles. The van der Waals surface area contributed by atoms with Gasteiger partial charge in [0.15, 0.2) is 4.87 Å². The van der Waals surface area contributed by atoms with Crippen molar-refractivity contribution in [2.75, 3.05) is 29.6 Å². The number of aryl methyl sites for hydroxylation is 2. The first-order chi connectivity index (χ1) is 16.4. The first-order valence-corrected chi connectivity index (χ1v) is 12.3. The van der Waals surface area contributed by atoms with Crippen LogP contribution in [0.15, 0.2) is 66.7 Å². The summed E-state index contributed by atoms with van der Waals surface area (Å²) in [5.41, 5.74) is 5.53. The molecule has 0 saturated carbocycles. The molecule has 1 atom stereocenters. The van der Waals surface area contributed by atoms with Crippen molar-refractivity contribution >= 4 is 35.1 Å². The fourth-order valence-corrected chi connectivity index (χ4v) is 6.21. The van der Waals surface area contributed by atoms with Crippen LogP contribution in [0.4, 0.5) is 16.2 Å². The van der Waals surface area contributed by atoms with E-state index in [-0.39, 0.29) is 11.9 Å². The van der Waals surface area contributed by atoms with E-state index in [1.807, 2.05) is 80.6 Å². The van der Waals surface area contributed by atoms with Crippen LogP contribution in [-0.2, 0) is 16.2 Å². The smallest absolute Gasteiger partial charge is 0.323 e. The summed E-state index contributed by atoms with van der Waals surface area (Å²) in [5.74, 6) is 1.35. The molecule has 6 nitrogen and oxygen atoms in total. The van der Waals surface area contributed by atoms with Gasteiger partial charge in [-0.15, -0.1) is 11.8 Å². The maximum absolute atomic E-state index is 14.1. The van der Waals surface area contributed by atoms with Gasteiger partial charge in [-0.3, -0.25) is 9.69 Å². The summed E-state index contributed by atoms with van der Waals surface area (Å²) in [6, 6.07) is 21.2. The number of ether oxygens (including phenoxy) is 1. The van der Waals surface area contributed by atoms with Gasteiger partial charge in [-0.05, 0) is 55.3 Å². The largest absolute Gasteiger partial charge is 0.497 e. The van der Waals surface area contributed by atoms with Crippen molar-refractivity contribution in [1.82, 2.24) is 4.90 Å². The number of nitrogens with zero attached hydrogens (tertiary/aromatic N) is 2. The van der Waals surface area contributed by atoms with Crippen LogP contribution in [0.5, 0.6) is 5.75 Å². The molecule has 7 heteroatoms. The number of hydrogen-bond donors (Lipinski definition) is 1. The molecule has 1 saturated heterocycles. The Bertz CT molecular complexity index is 1280. The number of carbonyl (C=O) groups is 2. The van der Waals surface area contributed by atoms with Crippen LogP contribution in [0, 0.1) is 13.8 Å². The van der Waals surface area contributed by atoms with E-state index in [1.54, 1.807) is 16.9 Å². The van der Waals surface area contributed by atoms with Crippen LogP contribution in [0.1, 0.15) is 22.3 Å². The summed E-state index contributed by atoms with van der Waals surface area (Å²) in [4.78, 5) is 30.0. The summed E-state index contributed by atoms with van der Waals surface area (Å²) < 4.78 is 5.37. The predicted molar refractivity (Wildman–Crippen MR) is 136 cm³/mol. The quantitative estimate of drug-likeness (QED) is 0.559. The number of methoxy groups -OCH3 is 1. The van der Waals surface area contributed by atoms with E-state index in [0.29, 0.717) is 18.8 Å². The van der Waals surface area contributed by atoms with E-state index in [0.717, 1.165) is 39.4 Å². The molecule has 3 aromatic rings. The number of fused-ring (bicyclic) bond motifs is 2. The summed E-state index contributed by atoms with van der Waals surface area (Å²) >= 11 is 1.53. The highest BCUT2D eigenvalue weighted by Gasteiger charge is 2.59. The second kappa shape index (κ2) is 8.72. The van der Waals surface area contributed by atoms with Gasteiger partial charge in [0.25, 0.3) is 5.91 Å². The molecule has 0 radical (unpaired) electrons. The van der Waals surface area contributed by atoms with Crippen molar-refractivity contribution in [1.29, 1.82) is 0 Å². The van der Waals surface area contributed by atoms with Gasteiger partial charge in [0.2, 0.25) is 0 Å². The molecule has 3 amide bonds. The Labute approximate surface area is 203 Å². The highest BCUT2D eigenvalue weighted by atomic mass is 32.2. The third-order valence-corrected chi connectivity index (χ3v) is 7.76. The van der Waals surface area contributed by atoms with E-state index in [2.05, 4.69) is 5.32 Å². The van der Waals surface area contributed by atoms with Gasteiger partial charge in [-0.25, -0.2) is 4.79 Å². The molecule has 0 bridgehead atoms. The van der Waals surface area contributed by atoms with E-state index in [4.69, 9.17) is 4.74 Å². The number of urea groups is 1. The number of carbonyl (C=O) groups excluding carboxylic acids is 2. The van der Waals surface area contributed by atoms with E-state index >= 15 is 0 Å². The lowest BCUT2D eigenvalue weighted by molar-refractivity contribution is -0.123. The number of thioether (sulfide) groups is 1. The van der Waals surface area contributed by atoms with Crippen LogP contribution < -0.4 is 15.0 Å². The minimum Gasteiger partial charge on any atom is -0.497 e. The number of nitrogens with one attached hydrogen (secondary N) is 1. The van der Waals surface area contributed by atoms with Gasteiger partial charge in [0, 0.05) is 23.5 Å². The number of anilines is 2. The molecule has 34 heavy (non-hydrogen) atoms. The fraction of sp³-hybridized carbons (Fsp3) is 0.259. The lowest BCUT2D eigenvalue weighted by atomic mass is 10.0. The monoisotopic (exact) mass is 473 g/mol. The summed E-state index contributed by atoms with van der Waals surface area (Å²) in [7, 11) is 1.63. The van der Waals surface area contributed by atoms with Gasteiger partial charge in [0.05, 0.1) is 19.3 Å². The van der Waals surface area contributed by atoms with E-state index < -0.39 is 4.87 Å². The Kier molecular flexibility index (Phi) is 5.73. The van der Waals surface area contributed by atoms with E-state index in [1.165, 1.54) is 11.8 Å². The zero-order chi connectivity index (χ0) is 23.9. The molecule has 2 aliphatic heterocycles. The molecular formula is C27H27N3O3S. The first-order valence-electron chi connectivity index (χ1n) is 11.3. The maximum Gasteiger partial charge on any atom is 0.323 e. The Morgan fingerprint density at radius 3 is 2.65 bits per heavy atom. The highest BCUT2D eigenvalue weighted by Crippen LogP contribution is 2.54. The van der Waals surface area contributed by atoms with Crippen LogP contribution >= 0.6 is 11.8 Å². The number of benzene rings is 3. The van der Waals surface area contributed by atoms with Crippen LogP contribution in [0.3, 0.4) is 0 Å². The summed E-state index contributed by atoms with van der Waals surface area (Å²) in [6.45, 7) is 4.90. The molecule has 1 spiro atoms. The van der Waals surface area contributed by atoms with Gasteiger partial charge in [0.1, 0.15) is 5.75 Å². The average Bonchev–Trinajstić information content (AvgIpc) is 3.36. The van der Waals surface area contributed by atoms with Gasteiger partial charge < -0.3 is 15.0 Å². The maximum atomic E-state index is 14.1. The minimum absolute atomic E-state index is 0.0854. The third-order valence-electron chi connectivity index (χ3n) is 6.34. The van der Waals surface area contributed by atoms with Crippen molar-refractivity contribution in [3.8, 4) is 5.75 Å². The normalized spacial score (nSPS) is 19.0. The Hall–Kier alpha value is -3.45. The van der Waals surface area contributed by atoms with E-state index in [9.17, 15) is 9.59 Å². The highest BCUT2D eigenvalue weighted by molar-refractivity contribution is 8.01. The molecule has 1 unspecified atom stereocenters. The topological polar surface area (TPSA) is 61.9 Å². The number of amides is 3. The molecular weight excluding hydrogens is 446 g/mol. The van der Waals surface area contributed by atoms with Crippen molar-refractivity contribution in [2.45, 2.75) is 25.3 Å². The molecule has 2 aliphatic rings. The summed E-state index contributed by atoms with van der Waals surface area (Å²) in [5, 5.41) is 3.01. The molecule has 1 fully saturated rings. The van der Waals surface area contributed by atoms with Crippen molar-refractivity contribution in [2.24, 2.45) is 0 Å². The Morgan fingerprint density at radius 2 is 1.85 bits per heavy atom. The Morgan fingerprint density at radius 1 is 1.06 bits per heavy atom. The first kappa shape index (κ1) is 22.3. The standard InChI is InChI=1S/C27H27N3O3S/c1-18-6-4-8-21(14-18)28-26(32)30-12-13-34-27(30)23-15-19(2)10-11-24(23)29(25(27)31)17-20-7-5-9-22(16-20)33-3/h4-11,14-16H,12-13,17H2,1-3H3,(H,28,32). The predicted octanol–water partition coefficient (Wildman–Crippen LogP) is 5.29. The van der Waals surface area contributed by atoms with Crippen LogP contribution in [-0.4, -0.2) is 36.2 Å². The van der Waals surface area contributed by atoms with Gasteiger partial charge in [-0.1, -0.05) is 42.0 Å². The van der Waals surface area contributed by atoms with Crippen LogP contribution in [0.2, 0.25) is 0 Å². The zero-order valence-electron chi connectivity index (χ0n) is 19.5. The second-order valence-corrected chi connectivity index (χ2v) is 9.99. The number of hydrogen-bond acceptors (Lipinski definition) is 4. The number of rotatable bonds is 4. The molecule has 1 N–H and O–H groups in total. The SMILES string of the molecule is COc1cccc(CN2C(=O)C3(SCCN3C(=O)Nc3cccc(C)c3)c3cc(C)ccc32)c1. The molecule has 3 aromatic carbocycles. The van der Waals surface area contributed by atoms with Crippen molar-refractivity contribution in [3.63, 3.8) is 0 Å². The molecule has 0 aliphatic carbocycles. The van der Waals surface area contributed by atoms with Crippen LogP contribution in [0.25, 0.3) is 0 Å². The van der Waals surface area contributed by atoms with Gasteiger partial charge >= 0.3 is 6.03 Å². The fourth-order valence-electron chi connectivity index (χ4n) is 4.75.